The molecule has 1 aromatic heterocycles. The van der Waals surface area contributed by atoms with Gasteiger partial charge in [-0.1, -0.05) is 23.7 Å². The first-order chi connectivity index (χ1) is 7.27. The van der Waals surface area contributed by atoms with E-state index in [-0.39, 0.29) is 30.9 Å². The normalized spacial score (nSPS) is 10.9. The van der Waals surface area contributed by atoms with Crippen molar-refractivity contribution in [1.82, 2.24) is 4.98 Å². The molecular weight excluding hydrogens is 279 g/mol. The smallest absolute Gasteiger partial charge is 0.0553 e. The van der Waals surface area contributed by atoms with E-state index in [0.29, 0.717) is 5.02 Å². The molecule has 0 spiro atoms. The third-order valence-corrected chi connectivity index (χ3v) is 2.51. The second-order valence-corrected chi connectivity index (χ2v) is 3.75. The van der Waals surface area contributed by atoms with Gasteiger partial charge in [0.25, 0.3) is 0 Å². The highest BCUT2D eigenvalue weighted by molar-refractivity contribution is 6.30. The molecule has 0 saturated carbocycles. The molecule has 0 saturated heterocycles. The lowest BCUT2D eigenvalue weighted by Gasteiger charge is -2.12. The van der Waals surface area contributed by atoms with Gasteiger partial charge in [-0.25, -0.2) is 0 Å². The van der Waals surface area contributed by atoms with Gasteiger partial charge in [-0.15, -0.1) is 24.8 Å². The first-order valence-electron chi connectivity index (χ1n) is 4.68. The summed E-state index contributed by atoms with van der Waals surface area (Å²) < 4.78 is 0. The largest absolute Gasteiger partial charge is 0.320 e. The van der Waals surface area contributed by atoms with Crippen LogP contribution in [0.5, 0.6) is 0 Å². The highest BCUT2D eigenvalue weighted by Gasteiger charge is 2.08. The minimum absolute atomic E-state index is 0. The van der Waals surface area contributed by atoms with E-state index in [0.717, 1.165) is 11.1 Å². The summed E-state index contributed by atoms with van der Waals surface area (Å²) in [4.78, 5) is 3.96. The van der Waals surface area contributed by atoms with Crippen LogP contribution in [0.15, 0.2) is 48.8 Å². The van der Waals surface area contributed by atoms with Gasteiger partial charge in [0.2, 0.25) is 0 Å². The van der Waals surface area contributed by atoms with E-state index in [9.17, 15) is 0 Å². The molecule has 17 heavy (non-hydrogen) atoms. The second kappa shape index (κ2) is 7.51. The number of nitrogens with two attached hydrogens (primary N) is 1. The second-order valence-electron chi connectivity index (χ2n) is 3.31. The first-order valence-corrected chi connectivity index (χ1v) is 5.06. The number of nitrogens with zero attached hydrogens (tertiary/aromatic N) is 1. The Kier molecular flexibility index (Phi) is 7.16. The van der Waals surface area contributed by atoms with Gasteiger partial charge in [0.15, 0.2) is 0 Å². The van der Waals surface area contributed by atoms with E-state index < -0.39 is 0 Å². The molecule has 1 heterocycles. The van der Waals surface area contributed by atoms with Crippen LogP contribution in [-0.4, -0.2) is 4.98 Å². The van der Waals surface area contributed by atoms with Crippen molar-refractivity contribution in [1.29, 1.82) is 0 Å². The van der Waals surface area contributed by atoms with E-state index in [4.69, 9.17) is 17.3 Å². The maximum atomic E-state index is 6.10. The minimum atomic E-state index is -0.147. The van der Waals surface area contributed by atoms with Crippen LogP contribution in [-0.2, 0) is 0 Å². The third kappa shape index (κ3) is 4.17. The highest BCUT2D eigenvalue weighted by atomic mass is 35.5. The van der Waals surface area contributed by atoms with Crippen molar-refractivity contribution in [2.45, 2.75) is 6.04 Å². The Hall–Kier alpha value is -0.800. The standard InChI is InChI=1S/C12H11ClN2.2ClH/c13-11-3-1-2-10(8-11)12(14)9-4-6-15-7-5-9;;/h1-8,12H,14H2;2*1H. The lowest BCUT2D eigenvalue weighted by atomic mass is 10.0. The van der Waals surface area contributed by atoms with E-state index in [1.807, 2.05) is 36.4 Å². The van der Waals surface area contributed by atoms with Crippen molar-refractivity contribution in [3.63, 3.8) is 0 Å². The van der Waals surface area contributed by atoms with Crippen LogP contribution >= 0.6 is 36.4 Å². The molecule has 0 bridgehead atoms. The van der Waals surface area contributed by atoms with E-state index >= 15 is 0 Å². The summed E-state index contributed by atoms with van der Waals surface area (Å²) in [5.74, 6) is 0. The van der Waals surface area contributed by atoms with Gasteiger partial charge in [-0.05, 0) is 35.4 Å². The van der Waals surface area contributed by atoms with E-state index in [2.05, 4.69) is 4.98 Å². The SMILES string of the molecule is Cl.Cl.NC(c1ccncc1)c1cccc(Cl)c1. The summed E-state index contributed by atoms with van der Waals surface area (Å²) >= 11 is 5.91. The zero-order valence-electron chi connectivity index (χ0n) is 8.92. The molecule has 5 heteroatoms. The average Bonchev–Trinajstić information content (AvgIpc) is 2.29. The Morgan fingerprint density at radius 1 is 1.00 bits per heavy atom. The molecule has 1 aromatic carbocycles. The molecule has 1 unspecified atom stereocenters. The van der Waals surface area contributed by atoms with Gasteiger partial charge >= 0.3 is 0 Å². The topological polar surface area (TPSA) is 38.9 Å². The Bertz CT molecular complexity index is 449. The molecule has 0 aliphatic heterocycles. The maximum absolute atomic E-state index is 6.10. The minimum Gasteiger partial charge on any atom is -0.320 e. The molecule has 0 amide bonds. The highest BCUT2D eigenvalue weighted by Crippen LogP contribution is 2.21. The number of rotatable bonds is 2. The fourth-order valence-electron chi connectivity index (χ4n) is 1.46. The zero-order valence-corrected chi connectivity index (χ0v) is 11.3. The zero-order chi connectivity index (χ0) is 10.7. The van der Waals surface area contributed by atoms with Crippen LogP contribution in [0.3, 0.4) is 0 Å². The molecule has 0 aliphatic carbocycles. The van der Waals surface area contributed by atoms with E-state index in [1.54, 1.807) is 12.4 Å². The number of halogens is 3. The molecule has 1 atom stereocenters. The molecule has 2 aromatic rings. The fraction of sp³-hybridized carbons (Fsp3) is 0.0833. The van der Waals surface area contributed by atoms with Crippen LogP contribution in [0.25, 0.3) is 0 Å². The summed E-state index contributed by atoms with van der Waals surface area (Å²) in [5.41, 5.74) is 8.14. The monoisotopic (exact) mass is 290 g/mol. The van der Waals surface area contributed by atoms with Crippen molar-refractivity contribution in [3.05, 3.63) is 64.9 Å². The van der Waals surface area contributed by atoms with Gasteiger partial charge in [0.05, 0.1) is 6.04 Å². The van der Waals surface area contributed by atoms with Crippen LogP contribution in [0.1, 0.15) is 17.2 Å². The molecule has 0 aliphatic rings. The van der Waals surface area contributed by atoms with Gasteiger partial charge in [-0.2, -0.15) is 0 Å². The van der Waals surface area contributed by atoms with Gasteiger partial charge in [-0.3, -0.25) is 4.98 Å². The van der Waals surface area contributed by atoms with Crippen molar-refractivity contribution >= 4 is 36.4 Å². The Balaban J connectivity index is 0.00000128. The quantitative estimate of drug-likeness (QED) is 0.917. The summed E-state index contributed by atoms with van der Waals surface area (Å²) in [6, 6.07) is 11.3. The lowest BCUT2D eigenvalue weighted by Crippen LogP contribution is -2.11. The van der Waals surface area contributed by atoms with Crippen molar-refractivity contribution in [2.24, 2.45) is 5.73 Å². The number of hydrogen-bond acceptors (Lipinski definition) is 2. The summed E-state index contributed by atoms with van der Waals surface area (Å²) in [6.07, 6.45) is 3.47. The van der Waals surface area contributed by atoms with Crippen molar-refractivity contribution < 1.29 is 0 Å². The van der Waals surface area contributed by atoms with Gasteiger partial charge < -0.3 is 5.73 Å². The molecule has 0 fully saturated rings. The van der Waals surface area contributed by atoms with Crippen molar-refractivity contribution in [2.75, 3.05) is 0 Å². The number of pyridine rings is 1. The number of hydrogen-bond donors (Lipinski definition) is 1. The Morgan fingerprint density at radius 2 is 1.65 bits per heavy atom. The lowest BCUT2D eigenvalue weighted by molar-refractivity contribution is 0.868. The van der Waals surface area contributed by atoms with Gasteiger partial charge in [0, 0.05) is 17.4 Å². The fourth-order valence-corrected chi connectivity index (χ4v) is 1.66. The van der Waals surface area contributed by atoms with Crippen LogP contribution in [0.4, 0.5) is 0 Å². The molecule has 2 rings (SSSR count). The Morgan fingerprint density at radius 3 is 2.24 bits per heavy atom. The summed E-state index contributed by atoms with van der Waals surface area (Å²) in [5, 5.41) is 0.706. The molecule has 92 valence electrons. The number of aromatic nitrogens is 1. The molecular formula is C12H13Cl3N2. The van der Waals surface area contributed by atoms with Crippen molar-refractivity contribution in [3.8, 4) is 0 Å². The third-order valence-electron chi connectivity index (χ3n) is 2.27. The predicted molar refractivity (Wildman–Crippen MR) is 76.2 cm³/mol. The van der Waals surface area contributed by atoms with Crippen LogP contribution in [0.2, 0.25) is 5.02 Å². The Labute approximate surface area is 118 Å². The van der Waals surface area contributed by atoms with E-state index in [1.165, 1.54) is 0 Å². The predicted octanol–water partition coefficient (Wildman–Crippen LogP) is 3.63. The molecule has 0 radical (unpaired) electrons. The summed E-state index contributed by atoms with van der Waals surface area (Å²) in [7, 11) is 0. The molecule has 2 nitrogen and oxygen atoms in total. The van der Waals surface area contributed by atoms with Crippen LogP contribution in [0, 0.1) is 0 Å². The maximum Gasteiger partial charge on any atom is 0.0553 e. The molecule has 2 N–H and O–H groups in total. The summed E-state index contributed by atoms with van der Waals surface area (Å²) in [6.45, 7) is 0. The van der Waals surface area contributed by atoms with Gasteiger partial charge in [0.1, 0.15) is 0 Å². The van der Waals surface area contributed by atoms with Crippen LogP contribution < -0.4 is 5.73 Å². The first kappa shape index (κ1) is 16.2. The number of benzene rings is 1. The average molecular weight is 292 g/mol.